The topological polar surface area (TPSA) is 42.7 Å². The van der Waals surface area contributed by atoms with Crippen molar-refractivity contribution in [1.29, 1.82) is 0 Å². The van der Waals surface area contributed by atoms with Crippen LogP contribution in [-0.4, -0.2) is 40.7 Å². The van der Waals surface area contributed by atoms with Crippen LogP contribution in [0.3, 0.4) is 0 Å². The van der Waals surface area contributed by atoms with Crippen molar-refractivity contribution in [2.75, 3.05) is 31.2 Å². The number of imidazole rings is 1. The van der Waals surface area contributed by atoms with Crippen molar-refractivity contribution in [3.8, 4) is 11.3 Å². The molecule has 0 bridgehead atoms. The van der Waals surface area contributed by atoms with Crippen LogP contribution in [0, 0.1) is 6.92 Å². The van der Waals surface area contributed by atoms with E-state index >= 15 is 0 Å². The maximum atomic E-state index is 5.45. The SMILES string of the molecule is Cc1ccc(-c2nc(N3CCOCC3)n3ccncc23)cc1. The number of hydrogen-bond donors (Lipinski definition) is 0. The lowest BCUT2D eigenvalue weighted by molar-refractivity contribution is 0.122. The van der Waals surface area contributed by atoms with E-state index in [0.717, 1.165) is 49.0 Å². The predicted molar refractivity (Wildman–Crippen MR) is 86.2 cm³/mol. The summed E-state index contributed by atoms with van der Waals surface area (Å²) in [7, 11) is 0. The number of anilines is 1. The number of fused-ring (bicyclic) bond motifs is 1. The molecule has 2 aromatic heterocycles. The minimum atomic E-state index is 0.750. The van der Waals surface area contributed by atoms with E-state index < -0.39 is 0 Å². The highest BCUT2D eigenvalue weighted by Crippen LogP contribution is 2.28. The molecule has 112 valence electrons. The highest BCUT2D eigenvalue weighted by molar-refractivity contribution is 5.79. The largest absolute Gasteiger partial charge is 0.378 e. The third kappa shape index (κ3) is 2.23. The lowest BCUT2D eigenvalue weighted by Crippen LogP contribution is -2.37. The summed E-state index contributed by atoms with van der Waals surface area (Å²) in [6.07, 6.45) is 5.66. The van der Waals surface area contributed by atoms with Gasteiger partial charge in [0.2, 0.25) is 5.95 Å². The molecular weight excluding hydrogens is 276 g/mol. The molecular formula is C17H18N4O. The Kier molecular flexibility index (Phi) is 3.27. The van der Waals surface area contributed by atoms with E-state index in [1.165, 1.54) is 5.56 Å². The highest BCUT2D eigenvalue weighted by Gasteiger charge is 2.19. The molecule has 3 heterocycles. The zero-order valence-corrected chi connectivity index (χ0v) is 12.6. The van der Waals surface area contributed by atoms with Crippen molar-refractivity contribution in [3.05, 3.63) is 48.4 Å². The van der Waals surface area contributed by atoms with Crippen molar-refractivity contribution in [3.63, 3.8) is 0 Å². The van der Waals surface area contributed by atoms with Crippen molar-refractivity contribution in [1.82, 2.24) is 14.4 Å². The van der Waals surface area contributed by atoms with Crippen molar-refractivity contribution >= 4 is 11.5 Å². The average molecular weight is 294 g/mol. The van der Waals surface area contributed by atoms with Gasteiger partial charge in [0, 0.05) is 31.0 Å². The molecule has 1 fully saturated rings. The Morgan fingerprint density at radius 3 is 2.64 bits per heavy atom. The van der Waals surface area contributed by atoms with Crippen molar-refractivity contribution in [2.24, 2.45) is 0 Å². The molecule has 0 N–H and O–H groups in total. The number of benzene rings is 1. The fourth-order valence-electron chi connectivity index (χ4n) is 2.83. The van der Waals surface area contributed by atoms with E-state index in [0.29, 0.717) is 0 Å². The van der Waals surface area contributed by atoms with Crippen molar-refractivity contribution in [2.45, 2.75) is 6.92 Å². The zero-order valence-electron chi connectivity index (χ0n) is 12.6. The fourth-order valence-corrected chi connectivity index (χ4v) is 2.83. The first kappa shape index (κ1) is 13.3. The second kappa shape index (κ2) is 5.42. The molecule has 0 unspecified atom stereocenters. The summed E-state index contributed by atoms with van der Waals surface area (Å²) in [5.74, 6) is 0.969. The number of aromatic nitrogens is 3. The normalized spacial score (nSPS) is 15.4. The standard InChI is InChI=1S/C17H18N4O/c1-13-2-4-14(5-3-13)16-15-12-18-6-7-21(15)17(19-16)20-8-10-22-11-9-20/h2-7,12H,8-11H2,1H3. The number of aryl methyl sites for hydroxylation is 1. The van der Waals surface area contributed by atoms with Gasteiger partial charge in [0.05, 0.1) is 30.6 Å². The van der Waals surface area contributed by atoms with Crippen LogP contribution in [0.5, 0.6) is 0 Å². The number of morpholine rings is 1. The van der Waals surface area contributed by atoms with Gasteiger partial charge in [-0.15, -0.1) is 0 Å². The van der Waals surface area contributed by atoms with E-state index in [9.17, 15) is 0 Å². The second-order valence-corrected chi connectivity index (χ2v) is 5.56. The minimum absolute atomic E-state index is 0.750. The van der Waals surface area contributed by atoms with E-state index in [-0.39, 0.29) is 0 Å². The van der Waals surface area contributed by atoms with Gasteiger partial charge in [0.25, 0.3) is 0 Å². The molecule has 0 saturated carbocycles. The first-order chi connectivity index (χ1) is 10.8. The Morgan fingerprint density at radius 1 is 1.09 bits per heavy atom. The molecule has 1 aliphatic heterocycles. The third-order valence-electron chi connectivity index (χ3n) is 4.05. The summed E-state index contributed by atoms with van der Waals surface area (Å²) in [6, 6.07) is 8.47. The van der Waals surface area contributed by atoms with Gasteiger partial charge in [-0.25, -0.2) is 4.98 Å². The molecule has 3 aromatic rings. The Labute approximate surface area is 129 Å². The Morgan fingerprint density at radius 2 is 1.86 bits per heavy atom. The van der Waals surface area contributed by atoms with Gasteiger partial charge in [0.15, 0.2) is 0 Å². The molecule has 1 aliphatic rings. The number of ether oxygens (including phenoxy) is 1. The smallest absolute Gasteiger partial charge is 0.211 e. The van der Waals surface area contributed by atoms with Crippen LogP contribution >= 0.6 is 0 Å². The summed E-state index contributed by atoms with van der Waals surface area (Å²) in [4.78, 5) is 11.4. The van der Waals surface area contributed by atoms with Crippen LogP contribution < -0.4 is 4.90 Å². The average Bonchev–Trinajstić information content (AvgIpc) is 2.96. The molecule has 1 saturated heterocycles. The summed E-state index contributed by atoms with van der Waals surface area (Å²) in [5, 5.41) is 0. The van der Waals surface area contributed by atoms with Crippen molar-refractivity contribution < 1.29 is 4.74 Å². The first-order valence-electron chi connectivity index (χ1n) is 7.55. The molecule has 0 aliphatic carbocycles. The maximum Gasteiger partial charge on any atom is 0.211 e. The van der Waals surface area contributed by atoms with Gasteiger partial charge in [-0.2, -0.15) is 0 Å². The quantitative estimate of drug-likeness (QED) is 0.728. The van der Waals surface area contributed by atoms with Gasteiger partial charge in [0.1, 0.15) is 0 Å². The minimum Gasteiger partial charge on any atom is -0.378 e. The number of hydrogen-bond acceptors (Lipinski definition) is 4. The number of rotatable bonds is 2. The summed E-state index contributed by atoms with van der Waals surface area (Å²) < 4.78 is 7.57. The molecule has 5 nitrogen and oxygen atoms in total. The lowest BCUT2D eigenvalue weighted by atomic mass is 10.1. The molecule has 5 heteroatoms. The predicted octanol–water partition coefficient (Wildman–Crippen LogP) is 2.54. The molecule has 1 aromatic carbocycles. The molecule has 22 heavy (non-hydrogen) atoms. The van der Waals surface area contributed by atoms with E-state index in [1.54, 1.807) is 6.20 Å². The lowest BCUT2D eigenvalue weighted by Gasteiger charge is -2.26. The van der Waals surface area contributed by atoms with Crippen LogP contribution in [0.25, 0.3) is 16.8 Å². The molecule has 0 atom stereocenters. The highest BCUT2D eigenvalue weighted by atomic mass is 16.5. The molecule has 0 amide bonds. The molecule has 0 spiro atoms. The van der Waals surface area contributed by atoms with Gasteiger partial charge >= 0.3 is 0 Å². The molecule has 4 rings (SSSR count). The van der Waals surface area contributed by atoms with E-state index in [2.05, 4.69) is 45.5 Å². The molecule has 0 radical (unpaired) electrons. The van der Waals surface area contributed by atoms with Crippen LogP contribution in [0.4, 0.5) is 5.95 Å². The maximum absolute atomic E-state index is 5.45. The summed E-state index contributed by atoms with van der Waals surface area (Å²) in [5.41, 5.74) is 4.39. The van der Waals surface area contributed by atoms with Crippen LogP contribution in [0.1, 0.15) is 5.56 Å². The third-order valence-corrected chi connectivity index (χ3v) is 4.05. The first-order valence-corrected chi connectivity index (χ1v) is 7.55. The Balaban J connectivity index is 1.86. The summed E-state index contributed by atoms with van der Waals surface area (Å²) in [6.45, 7) is 5.33. The monoisotopic (exact) mass is 294 g/mol. The Bertz CT molecular complexity index is 788. The van der Waals surface area contributed by atoms with Crippen LogP contribution in [-0.2, 0) is 4.74 Å². The van der Waals surface area contributed by atoms with Gasteiger partial charge < -0.3 is 9.64 Å². The fraction of sp³-hybridized carbons (Fsp3) is 0.294. The van der Waals surface area contributed by atoms with E-state index in [4.69, 9.17) is 9.72 Å². The second-order valence-electron chi connectivity index (χ2n) is 5.56. The Hall–Kier alpha value is -2.40. The van der Waals surface area contributed by atoms with Gasteiger partial charge in [-0.3, -0.25) is 9.38 Å². The zero-order chi connectivity index (χ0) is 14.9. The number of nitrogens with zero attached hydrogens (tertiary/aromatic N) is 4. The van der Waals surface area contributed by atoms with Gasteiger partial charge in [-0.1, -0.05) is 29.8 Å². The van der Waals surface area contributed by atoms with Crippen LogP contribution in [0.2, 0.25) is 0 Å². The summed E-state index contributed by atoms with van der Waals surface area (Å²) >= 11 is 0. The van der Waals surface area contributed by atoms with Crippen LogP contribution in [0.15, 0.2) is 42.9 Å². The van der Waals surface area contributed by atoms with Gasteiger partial charge in [-0.05, 0) is 6.92 Å². The van der Waals surface area contributed by atoms with E-state index in [1.807, 2.05) is 12.4 Å².